The molecular formula is C12H18N2O2. The molecule has 0 saturated heterocycles. The van der Waals surface area contributed by atoms with Crippen molar-refractivity contribution in [1.29, 1.82) is 0 Å². The first-order valence-corrected chi connectivity index (χ1v) is 5.50. The van der Waals surface area contributed by atoms with Crippen molar-refractivity contribution in [1.82, 2.24) is 4.98 Å². The Morgan fingerprint density at radius 2 is 1.81 bits per heavy atom. The number of nitrogens with zero attached hydrogens (tertiary/aromatic N) is 2. The second-order valence-corrected chi connectivity index (χ2v) is 4.66. The quantitative estimate of drug-likeness (QED) is 0.580. The summed E-state index contributed by atoms with van der Waals surface area (Å²) in [6, 6.07) is 1.81. The molecule has 1 aromatic rings. The molecule has 0 aliphatic carbocycles. The molecule has 0 atom stereocenters. The highest BCUT2D eigenvalue weighted by Gasteiger charge is 2.22. The monoisotopic (exact) mass is 222 g/mol. The lowest BCUT2D eigenvalue weighted by atomic mass is 10.0. The van der Waals surface area contributed by atoms with E-state index in [1.807, 2.05) is 33.8 Å². The number of pyridine rings is 1. The summed E-state index contributed by atoms with van der Waals surface area (Å²) < 4.78 is 0. The Hall–Kier alpha value is -1.45. The third-order valence-corrected chi connectivity index (χ3v) is 2.55. The van der Waals surface area contributed by atoms with Crippen LogP contribution in [0.15, 0.2) is 6.07 Å². The van der Waals surface area contributed by atoms with Gasteiger partial charge in [-0.1, -0.05) is 27.7 Å². The van der Waals surface area contributed by atoms with E-state index in [4.69, 9.17) is 0 Å². The molecule has 16 heavy (non-hydrogen) atoms. The van der Waals surface area contributed by atoms with Crippen molar-refractivity contribution >= 4 is 5.69 Å². The fourth-order valence-electron chi connectivity index (χ4n) is 1.65. The maximum Gasteiger partial charge on any atom is 0.293 e. The van der Waals surface area contributed by atoms with Gasteiger partial charge in [-0.25, -0.2) is 0 Å². The van der Waals surface area contributed by atoms with E-state index >= 15 is 0 Å². The van der Waals surface area contributed by atoms with Crippen LogP contribution in [0.2, 0.25) is 0 Å². The topological polar surface area (TPSA) is 56.0 Å². The molecule has 0 spiro atoms. The van der Waals surface area contributed by atoms with Crippen LogP contribution in [-0.2, 0) is 0 Å². The number of hydrogen-bond acceptors (Lipinski definition) is 3. The Morgan fingerprint density at radius 1 is 1.25 bits per heavy atom. The van der Waals surface area contributed by atoms with Gasteiger partial charge in [0, 0.05) is 17.2 Å². The van der Waals surface area contributed by atoms with Gasteiger partial charge in [0.25, 0.3) is 5.69 Å². The minimum atomic E-state index is -0.332. The van der Waals surface area contributed by atoms with Crippen LogP contribution < -0.4 is 0 Å². The zero-order valence-corrected chi connectivity index (χ0v) is 10.4. The van der Waals surface area contributed by atoms with Crippen molar-refractivity contribution in [2.45, 2.75) is 46.5 Å². The predicted molar refractivity (Wildman–Crippen MR) is 63.8 cm³/mol. The van der Waals surface area contributed by atoms with E-state index in [1.54, 1.807) is 6.92 Å². The van der Waals surface area contributed by atoms with E-state index in [1.165, 1.54) is 0 Å². The average molecular weight is 222 g/mol. The summed E-state index contributed by atoms with van der Waals surface area (Å²) in [6.45, 7) is 9.71. The second kappa shape index (κ2) is 4.60. The van der Waals surface area contributed by atoms with Gasteiger partial charge in [0.1, 0.15) is 5.69 Å². The van der Waals surface area contributed by atoms with E-state index in [9.17, 15) is 10.1 Å². The van der Waals surface area contributed by atoms with E-state index < -0.39 is 0 Å². The van der Waals surface area contributed by atoms with Gasteiger partial charge in [-0.05, 0) is 18.9 Å². The number of aromatic nitrogens is 1. The molecule has 0 aromatic carbocycles. The first-order chi connectivity index (χ1) is 7.34. The van der Waals surface area contributed by atoms with Crippen LogP contribution >= 0.6 is 0 Å². The minimum Gasteiger partial charge on any atom is -0.258 e. The fraction of sp³-hybridized carbons (Fsp3) is 0.583. The number of nitro groups is 1. The molecule has 1 aromatic heterocycles. The lowest BCUT2D eigenvalue weighted by molar-refractivity contribution is -0.386. The summed E-state index contributed by atoms with van der Waals surface area (Å²) in [5.41, 5.74) is 2.38. The molecule has 4 heteroatoms. The van der Waals surface area contributed by atoms with Gasteiger partial charge in [0.05, 0.1) is 4.92 Å². The maximum atomic E-state index is 11.0. The Balaban J connectivity index is 3.45. The van der Waals surface area contributed by atoms with Gasteiger partial charge in [-0.3, -0.25) is 15.1 Å². The van der Waals surface area contributed by atoms with Crippen LogP contribution in [0.25, 0.3) is 0 Å². The van der Waals surface area contributed by atoms with Crippen LogP contribution in [0, 0.1) is 17.0 Å². The van der Waals surface area contributed by atoms with Crippen LogP contribution in [0.3, 0.4) is 0 Å². The number of hydrogen-bond donors (Lipinski definition) is 0. The van der Waals surface area contributed by atoms with Crippen LogP contribution in [-0.4, -0.2) is 9.91 Å². The molecule has 1 rings (SSSR count). The maximum absolute atomic E-state index is 11.0. The molecule has 0 saturated carbocycles. The van der Waals surface area contributed by atoms with Gasteiger partial charge < -0.3 is 0 Å². The molecule has 4 nitrogen and oxygen atoms in total. The highest BCUT2D eigenvalue weighted by molar-refractivity contribution is 5.46. The molecule has 0 aliphatic heterocycles. The zero-order valence-electron chi connectivity index (χ0n) is 10.4. The molecule has 0 fully saturated rings. The fourth-order valence-corrected chi connectivity index (χ4v) is 1.65. The van der Waals surface area contributed by atoms with Gasteiger partial charge >= 0.3 is 0 Å². The molecule has 0 radical (unpaired) electrons. The van der Waals surface area contributed by atoms with Crippen molar-refractivity contribution in [2.75, 3.05) is 0 Å². The number of aryl methyl sites for hydroxylation is 1. The first-order valence-electron chi connectivity index (χ1n) is 5.50. The summed E-state index contributed by atoms with van der Waals surface area (Å²) in [6.07, 6.45) is 0. The molecule has 0 bridgehead atoms. The number of rotatable bonds is 3. The summed E-state index contributed by atoms with van der Waals surface area (Å²) >= 11 is 0. The highest BCUT2D eigenvalue weighted by atomic mass is 16.6. The van der Waals surface area contributed by atoms with Crippen molar-refractivity contribution in [3.63, 3.8) is 0 Å². The van der Waals surface area contributed by atoms with Crippen molar-refractivity contribution in [3.8, 4) is 0 Å². The summed E-state index contributed by atoms with van der Waals surface area (Å²) in [5, 5.41) is 11.0. The molecule has 1 heterocycles. The average Bonchev–Trinajstić information content (AvgIpc) is 2.15. The van der Waals surface area contributed by atoms with Crippen LogP contribution in [0.1, 0.15) is 56.5 Å². The van der Waals surface area contributed by atoms with Crippen LogP contribution in [0.5, 0.6) is 0 Å². The van der Waals surface area contributed by atoms with E-state index in [2.05, 4.69) is 4.98 Å². The third-order valence-electron chi connectivity index (χ3n) is 2.55. The summed E-state index contributed by atoms with van der Waals surface area (Å²) in [5.74, 6) is 0.356. The van der Waals surface area contributed by atoms with Crippen molar-refractivity contribution in [3.05, 3.63) is 33.1 Å². The van der Waals surface area contributed by atoms with E-state index in [0.717, 1.165) is 5.69 Å². The largest absolute Gasteiger partial charge is 0.293 e. The smallest absolute Gasteiger partial charge is 0.258 e. The van der Waals surface area contributed by atoms with Crippen molar-refractivity contribution in [2.24, 2.45) is 0 Å². The SMILES string of the molecule is Cc1cc(C(C)C)nc(C(C)C)c1[N+](=O)[O-]. The van der Waals surface area contributed by atoms with Gasteiger partial charge in [-0.2, -0.15) is 0 Å². The Morgan fingerprint density at radius 3 is 2.19 bits per heavy atom. The first kappa shape index (κ1) is 12.6. The Kier molecular flexibility index (Phi) is 3.62. The molecule has 88 valence electrons. The molecule has 0 unspecified atom stereocenters. The third kappa shape index (κ3) is 2.38. The van der Waals surface area contributed by atoms with Crippen molar-refractivity contribution < 1.29 is 4.92 Å². The van der Waals surface area contributed by atoms with Gasteiger partial charge in [0.2, 0.25) is 0 Å². The zero-order chi connectivity index (χ0) is 12.5. The van der Waals surface area contributed by atoms with Gasteiger partial charge in [0.15, 0.2) is 0 Å². The standard InChI is InChI=1S/C12H18N2O2/c1-7(2)10-6-9(5)12(14(15)16)11(13-10)8(3)4/h6-8H,1-5H3. The molecular weight excluding hydrogens is 204 g/mol. The predicted octanol–water partition coefficient (Wildman–Crippen LogP) is 3.55. The van der Waals surface area contributed by atoms with E-state index in [0.29, 0.717) is 11.3 Å². The highest BCUT2D eigenvalue weighted by Crippen LogP contribution is 2.30. The Bertz CT molecular complexity index is 412. The normalized spacial score (nSPS) is 11.2. The Labute approximate surface area is 95.9 Å². The minimum absolute atomic E-state index is 0.0674. The van der Waals surface area contributed by atoms with Crippen LogP contribution in [0.4, 0.5) is 5.69 Å². The van der Waals surface area contributed by atoms with E-state index in [-0.39, 0.29) is 22.4 Å². The lowest BCUT2D eigenvalue weighted by Gasteiger charge is -2.12. The summed E-state index contributed by atoms with van der Waals surface area (Å²) in [4.78, 5) is 15.1. The molecule has 0 amide bonds. The molecule has 0 aliphatic rings. The lowest BCUT2D eigenvalue weighted by Crippen LogP contribution is -2.06. The second-order valence-electron chi connectivity index (χ2n) is 4.66. The van der Waals surface area contributed by atoms with Gasteiger partial charge in [-0.15, -0.1) is 0 Å². The molecule has 0 N–H and O–H groups in total. The summed E-state index contributed by atoms with van der Waals surface area (Å²) in [7, 11) is 0.